The van der Waals surface area contributed by atoms with E-state index in [1.54, 1.807) is 26.0 Å². The van der Waals surface area contributed by atoms with Crippen molar-refractivity contribution in [3.63, 3.8) is 0 Å². The van der Waals surface area contributed by atoms with Gasteiger partial charge < -0.3 is 20.1 Å². The second-order valence-electron chi connectivity index (χ2n) is 7.84. The first kappa shape index (κ1) is 20.3. The van der Waals surface area contributed by atoms with Crippen LogP contribution in [-0.2, 0) is 20.8 Å². The molecular weight excluding hydrogens is 404 g/mol. The van der Waals surface area contributed by atoms with Gasteiger partial charge in [-0.2, -0.15) is 0 Å². The van der Waals surface area contributed by atoms with E-state index in [2.05, 4.69) is 5.32 Å². The average molecular weight is 426 g/mol. The van der Waals surface area contributed by atoms with Gasteiger partial charge in [0.25, 0.3) is 0 Å². The van der Waals surface area contributed by atoms with E-state index >= 15 is 0 Å². The van der Waals surface area contributed by atoms with E-state index in [4.69, 9.17) is 4.74 Å². The number of nitrogens with zero attached hydrogens (tertiary/aromatic N) is 1. The molecule has 2 aromatic rings. The molecule has 8 heteroatoms. The molecule has 4 rings (SSSR count). The minimum atomic E-state index is -1.03. The van der Waals surface area contributed by atoms with Gasteiger partial charge in [-0.25, -0.2) is 4.79 Å². The molecule has 3 atom stereocenters. The monoisotopic (exact) mass is 426 g/mol. The Labute approximate surface area is 178 Å². The zero-order valence-corrected chi connectivity index (χ0v) is 17.4. The fraction of sp³-hybridized carbons (Fsp3) is 0.318. The van der Waals surface area contributed by atoms with Crippen molar-refractivity contribution in [2.45, 2.75) is 42.5 Å². The molecule has 2 fully saturated rings. The molecule has 156 valence electrons. The lowest BCUT2D eigenvalue weighted by molar-refractivity contribution is -0.161. The molecule has 0 aromatic heterocycles. The van der Waals surface area contributed by atoms with Crippen LogP contribution in [0.25, 0.3) is 0 Å². The topological polar surface area (TPSA) is 95.9 Å². The number of carbonyl (C=O) groups excluding carboxylic acids is 2. The normalized spacial score (nSPS) is 24.0. The maximum Gasteiger partial charge on any atom is 0.327 e. The Morgan fingerprint density at radius 2 is 1.80 bits per heavy atom. The molecule has 2 aliphatic rings. The summed E-state index contributed by atoms with van der Waals surface area (Å²) in [5.41, 5.74) is 0.699. The minimum Gasteiger partial charge on any atom is -0.480 e. The predicted octanol–water partition coefficient (Wildman–Crippen LogP) is 2.65. The number of benzene rings is 2. The number of para-hydroxylation sites is 2. The molecule has 0 radical (unpaired) electrons. The summed E-state index contributed by atoms with van der Waals surface area (Å²) >= 11 is 1.40. The number of fused-ring (bicyclic) bond motifs is 1. The summed E-state index contributed by atoms with van der Waals surface area (Å²) in [6.07, 6.45) is 0.0515. The molecule has 1 unspecified atom stereocenters. The summed E-state index contributed by atoms with van der Waals surface area (Å²) < 4.78 is 5.27. The Balaban J connectivity index is 1.43. The Morgan fingerprint density at radius 3 is 2.50 bits per heavy atom. The number of rotatable bonds is 6. The van der Waals surface area contributed by atoms with Gasteiger partial charge in [0.2, 0.25) is 11.8 Å². The van der Waals surface area contributed by atoms with Gasteiger partial charge in [-0.1, -0.05) is 36.4 Å². The molecule has 0 spiro atoms. The third kappa shape index (κ3) is 3.63. The first-order valence-corrected chi connectivity index (χ1v) is 10.5. The van der Waals surface area contributed by atoms with Crippen LogP contribution in [0, 0.1) is 0 Å². The first-order chi connectivity index (χ1) is 14.3. The fourth-order valence-corrected chi connectivity index (χ4v) is 5.53. The van der Waals surface area contributed by atoms with Crippen LogP contribution in [-0.4, -0.2) is 50.0 Å². The summed E-state index contributed by atoms with van der Waals surface area (Å²) in [4.78, 5) is 38.2. The number of hydrogen-bond donors (Lipinski definition) is 2. The van der Waals surface area contributed by atoms with Gasteiger partial charge in [-0.15, -0.1) is 11.8 Å². The van der Waals surface area contributed by atoms with Crippen LogP contribution in [0.1, 0.15) is 19.4 Å². The summed E-state index contributed by atoms with van der Waals surface area (Å²) in [5.74, 6) is -0.454. The smallest absolute Gasteiger partial charge is 0.327 e. The van der Waals surface area contributed by atoms with Crippen LogP contribution < -0.4 is 10.1 Å². The van der Waals surface area contributed by atoms with Gasteiger partial charge in [0.15, 0.2) is 0 Å². The van der Waals surface area contributed by atoms with E-state index in [0.29, 0.717) is 17.1 Å². The molecule has 30 heavy (non-hydrogen) atoms. The Morgan fingerprint density at radius 1 is 1.13 bits per heavy atom. The van der Waals surface area contributed by atoms with Gasteiger partial charge in [0.1, 0.15) is 29.0 Å². The largest absolute Gasteiger partial charge is 0.480 e. The molecule has 2 amide bonds. The number of amides is 2. The van der Waals surface area contributed by atoms with Crippen LogP contribution in [0.5, 0.6) is 11.5 Å². The molecule has 2 N–H and O–H groups in total. The third-order valence-electron chi connectivity index (χ3n) is 5.29. The van der Waals surface area contributed by atoms with Gasteiger partial charge in [-0.3, -0.25) is 9.59 Å². The maximum atomic E-state index is 12.7. The Hall–Kier alpha value is -3.00. The first-order valence-electron chi connectivity index (χ1n) is 9.61. The highest BCUT2D eigenvalue weighted by Crippen LogP contribution is 2.50. The van der Waals surface area contributed by atoms with Crippen molar-refractivity contribution >= 4 is 29.5 Å². The molecule has 0 saturated carbocycles. The summed E-state index contributed by atoms with van der Waals surface area (Å²) in [6, 6.07) is 14.9. The van der Waals surface area contributed by atoms with Gasteiger partial charge >= 0.3 is 5.97 Å². The maximum absolute atomic E-state index is 12.7. The number of ether oxygens (including phenoxy) is 1. The number of nitrogens with one attached hydrogen (secondary N) is 1. The highest BCUT2D eigenvalue weighted by atomic mass is 32.2. The lowest BCUT2D eigenvalue weighted by Gasteiger charge is -2.43. The highest BCUT2D eigenvalue weighted by Gasteiger charge is 2.64. The number of carboxylic acids is 1. The van der Waals surface area contributed by atoms with Crippen LogP contribution >= 0.6 is 11.8 Å². The van der Waals surface area contributed by atoms with Crippen LogP contribution in [0.3, 0.4) is 0 Å². The van der Waals surface area contributed by atoms with Crippen molar-refractivity contribution in [2.75, 3.05) is 0 Å². The number of carbonyl (C=O) groups is 3. The second-order valence-corrected chi connectivity index (χ2v) is 9.61. The minimum absolute atomic E-state index is 0.0515. The third-order valence-corrected chi connectivity index (χ3v) is 6.86. The van der Waals surface area contributed by atoms with Crippen molar-refractivity contribution in [3.05, 3.63) is 60.2 Å². The molecular formula is C22H22N2O5S. The van der Waals surface area contributed by atoms with Gasteiger partial charge in [-0.05, 0) is 32.0 Å². The highest BCUT2D eigenvalue weighted by molar-refractivity contribution is 8.01. The van der Waals surface area contributed by atoms with Crippen LogP contribution in [0.2, 0.25) is 0 Å². The fourth-order valence-electron chi connectivity index (χ4n) is 3.91. The van der Waals surface area contributed by atoms with Crippen LogP contribution in [0.15, 0.2) is 54.6 Å². The molecule has 2 saturated heterocycles. The lowest BCUT2D eigenvalue weighted by atomic mass is 9.96. The van der Waals surface area contributed by atoms with E-state index in [9.17, 15) is 19.5 Å². The number of hydrogen-bond acceptors (Lipinski definition) is 5. The number of β-lactam (4-membered cyclic amide) rings is 1. The SMILES string of the molecule is CC1(C)S[C@@H]2C(NC(=O)Cc3ccccc3Oc3ccccc3)C(=O)N2[C@H]1C(=O)O. The number of thioether (sulfide) groups is 1. The number of aliphatic carboxylic acids is 1. The summed E-state index contributed by atoms with van der Waals surface area (Å²) in [6.45, 7) is 3.61. The Kier molecular flexibility index (Phi) is 5.19. The average Bonchev–Trinajstić information content (AvgIpc) is 2.96. The summed E-state index contributed by atoms with van der Waals surface area (Å²) in [7, 11) is 0. The van der Waals surface area contributed by atoms with E-state index in [1.165, 1.54) is 16.7 Å². The molecule has 0 bridgehead atoms. The van der Waals surface area contributed by atoms with Crippen molar-refractivity contribution in [2.24, 2.45) is 0 Å². The molecule has 0 aliphatic carbocycles. The van der Waals surface area contributed by atoms with Gasteiger partial charge in [0.05, 0.1) is 6.42 Å². The van der Waals surface area contributed by atoms with E-state index in [-0.39, 0.29) is 23.6 Å². The zero-order chi connectivity index (χ0) is 21.5. The zero-order valence-electron chi connectivity index (χ0n) is 16.6. The van der Waals surface area contributed by atoms with Gasteiger partial charge in [0, 0.05) is 10.3 Å². The van der Waals surface area contributed by atoms with Crippen molar-refractivity contribution in [1.82, 2.24) is 10.2 Å². The standard InChI is InChI=1S/C22H22N2O5S/c1-22(2)18(21(27)28)24-19(26)17(20(24)30-22)23-16(25)12-13-8-6-7-11-15(13)29-14-9-4-3-5-10-14/h3-11,17-18,20H,12H2,1-2H3,(H,23,25)(H,27,28)/t17?,18-,20+/m0/s1. The Bertz CT molecular complexity index is 994. The molecule has 7 nitrogen and oxygen atoms in total. The summed E-state index contributed by atoms with van der Waals surface area (Å²) in [5, 5.41) is 11.9. The predicted molar refractivity (Wildman–Crippen MR) is 112 cm³/mol. The van der Waals surface area contributed by atoms with Crippen molar-refractivity contribution in [1.29, 1.82) is 0 Å². The quantitative estimate of drug-likeness (QED) is 0.690. The molecule has 2 heterocycles. The second kappa shape index (κ2) is 7.68. The van der Waals surface area contributed by atoms with Crippen molar-refractivity contribution in [3.8, 4) is 11.5 Å². The molecule has 2 aliphatic heterocycles. The van der Waals surface area contributed by atoms with Crippen LogP contribution in [0.4, 0.5) is 0 Å². The van der Waals surface area contributed by atoms with E-state index in [1.807, 2.05) is 42.5 Å². The van der Waals surface area contributed by atoms with Crippen molar-refractivity contribution < 1.29 is 24.2 Å². The van der Waals surface area contributed by atoms with E-state index in [0.717, 1.165) is 0 Å². The number of carboxylic acid groups (broad SMARTS) is 1. The van der Waals surface area contributed by atoms with E-state index < -0.39 is 22.8 Å². The molecule has 2 aromatic carbocycles. The lowest BCUT2D eigenvalue weighted by Crippen LogP contribution is -2.70.